The molecule has 0 saturated heterocycles. The van der Waals surface area contributed by atoms with Crippen molar-refractivity contribution >= 4 is 34.7 Å². The Labute approximate surface area is 180 Å². The highest BCUT2D eigenvalue weighted by molar-refractivity contribution is 7.98. The van der Waals surface area contributed by atoms with Crippen LogP contribution in [0.1, 0.15) is 43.6 Å². The summed E-state index contributed by atoms with van der Waals surface area (Å²) >= 11 is 1.41. The van der Waals surface area contributed by atoms with Crippen LogP contribution >= 0.6 is 11.8 Å². The maximum Gasteiger partial charge on any atom is 0.338 e. The van der Waals surface area contributed by atoms with Crippen LogP contribution in [0.25, 0.3) is 11.1 Å². The number of oxazole rings is 1. The van der Waals surface area contributed by atoms with Crippen molar-refractivity contribution in [1.82, 2.24) is 9.88 Å². The Hall–Kier alpha value is -2.80. The third kappa shape index (κ3) is 5.21. The second kappa shape index (κ2) is 9.80. The van der Waals surface area contributed by atoms with Crippen molar-refractivity contribution in [2.75, 3.05) is 6.61 Å². The number of esters is 1. The first-order chi connectivity index (χ1) is 14.4. The maximum absolute atomic E-state index is 12.6. The van der Waals surface area contributed by atoms with Crippen molar-refractivity contribution in [1.29, 1.82) is 0 Å². The summed E-state index contributed by atoms with van der Waals surface area (Å²) in [6.07, 6.45) is 0. The molecule has 0 spiro atoms. The van der Waals surface area contributed by atoms with E-state index < -0.39 is 5.97 Å². The summed E-state index contributed by atoms with van der Waals surface area (Å²) in [7, 11) is 0. The molecule has 30 heavy (non-hydrogen) atoms. The maximum atomic E-state index is 12.6. The average Bonchev–Trinajstić information content (AvgIpc) is 3.13. The van der Waals surface area contributed by atoms with Gasteiger partial charge in [-0.3, -0.25) is 4.79 Å². The predicted molar refractivity (Wildman–Crippen MR) is 117 cm³/mol. The minimum absolute atomic E-state index is 0.0381. The molecule has 2 aromatic carbocycles. The van der Waals surface area contributed by atoms with Gasteiger partial charge in [0, 0.05) is 17.8 Å². The first kappa shape index (κ1) is 21.9. The molecule has 3 rings (SSSR count). The van der Waals surface area contributed by atoms with E-state index in [4.69, 9.17) is 9.15 Å². The Morgan fingerprint density at radius 3 is 2.40 bits per heavy atom. The molecular formula is C23H26N2O4S. The first-order valence-corrected chi connectivity index (χ1v) is 10.9. The van der Waals surface area contributed by atoms with E-state index in [1.165, 1.54) is 11.8 Å². The lowest BCUT2D eigenvalue weighted by atomic mass is 10.1. The summed E-state index contributed by atoms with van der Waals surface area (Å²) in [5.74, 6) is -0.216. The lowest BCUT2D eigenvalue weighted by Crippen LogP contribution is -2.44. The quantitative estimate of drug-likeness (QED) is 0.376. The fourth-order valence-electron chi connectivity index (χ4n) is 3.35. The van der Waals surface area contributed by atoms with Crippen LogP contribution in [0, 0.1) is 0 Å². The second-order valence-electron chi connectivity index (χ2n) is 7.46. The van der Waals surface area contributed by atoms with E-state index >= 15 is 0 Å². The molecule has 1 aromatic heterocycles. The Kier molecular flexibility index (Phi) is 7.15. The summed E-state index contributed by atoms with van der Waals surface area (Å²) in [5.41, 5.74) is 2.76. The van der Waals surface area contributed by atoms with Gasteiger partial charge in [0.25, 0.3) is 11.1 Å². The topological polar surface area (TPSA) is 72.6 Å². The predicted octanol–water partition coefficient (Wildman–Crippen LogP) is 4.92. The lowest BCUT2D eigenvalue weighted by molar-refractivity contribution is -0.138. The fraction of sp³-hybridized carbons (Fsp3) is 0.348. The van der Waals surface area contributed by atoms with Gasteiger partial charge in [-0.15, -0.1) is 0 Å². The highest BCUT2D eigenvalue weighted by Crippen LogP contribution is 2.27. The van der Waals surface area contributed by atoms with Crippen molar-refractivity contribution in [3.05, 3.63) is 59.7 Å². The minimum Gasteiger partial charge on any atom is -0.452 e. The van der Waals surface area contributed by atoms with Crippen LogP contribution in [0.2, 0.25) is 0 Å². The molecule has 0 bridgehead atoms. The smallest absolute Gasteiger partial charge is 0.338 e. The number of amides is 1. The molecule has 1 amide bonds. The Morgan fingerprint density at radius 1 is 1.03 bits per heavy atom. The molecule has 0 N–H and O–H groups in total. The van der Waals surface area contributed by atoms with Gasteiger partial charge in [-0.1, -0.05) is 42.1 Å². The number of nitrogens with zero attached hydrogens (tertiary/aromatic N) is 2. The van der Waals surface area contributed by atoms with Crippen LogP contribution in [0.5, 0.6) is 0 Å². The molecule has 0 aliphatic heterocycles. The highest BCUT2D eigenvalue weighted by atomic mass is 32.2. The summed E-state index contributed by atoms with van der Waals surface area (Å²) in [5, 5.41) is 0.541. The third-order valence-electron chi connectivity index (χ3n) is 4.59. The number of carbonyl (C=O) groups excluding carboxylic acids is 2. The molecule has 0 radical (unpaired) electrons. The number of hydrogen-bond donors (Lipinski definition) is 0. The number of thioether (sulfide) groups is 1. The molecule has 158 valence electrons. The van der Waals surface area contributed by atoms with Crippen molar-refractivity contribution in [3.63, 3.8) is 0 Å². The van der Waals surface area contributed by atoms with E-state index in [2.05, 4.69) is 4.98 Å². The van der Waals surface area contributed by atoms with Gasteiger partial charge in [-0.2, -0.15) is 0 Å². The van der Waals surface area contributed by atoms with E-state index in [1.807, 2.05) is 64.1 Å². The molecule has 6 nitrogen and oxygen atoms in total. The third-order valence-corrected chi connectivity index (χ3v) is 5.47. The van der Waals surface area contributed by atoms with Crippen LogP contribution < -0.4 is 0 Å². The van der Waals surface area contributed by atoms with Gasteiger partial charge in [-0.25, -0.2) is 9.78 Å². The Balaban J connectivity index is 1.65. The molecule has 0 unspecified atom stereocenters. The number of benzene rings is 2. The standard InChI is InChI=1S/C23H26N2O4S/c1-15(2)25(16(3)4)21(26)13-28-22(27)18-10-6-5-9-17(18)14-30-23-24-19-11-7-8-12-20(19)29-23/h5-12,15-16H,13-14H2,1-4H3. The zero-order chi connectivity index (χ0) is 21.7. The van der Waals surface area contributed by atoms with Gasteiger partial charge in [0.1, 0.15) is 5.52 Å². The molecule has 0 aliphatic rings. The largest absolute Gasteiger partial charge is 0.452 e. The zero-order valence-corrected chi connectivity index (χ0v) is 18.4. The molecule has 0 fully saturated rings. The van der Waals surface area contributed by atoms with E-state index in [9.17, 15) is 9.59 Å². The Bertz CT molecular complexity index is 988. The normalized spacial score (nSPS) is 11.3. The van der Waals surface area contributed by atoms with Crippen molar-refractivity contribution in [2.24, 2.45) is 0 Å². The number of rotatable bonds is 8. The monoisotopic (exact) mass is 426 g/mol. The van der Waals surface area contributed by atoms with Crippen LogP contribution in [-0.4, -0.2) is 40.5 Å². The SMILES string of the molecule is CC(C)N(C(=O)COC(=O)c1ccccc1CSc1nc2ccccc2o1)C(C)C. The van der Waals surface area contributed by atoms with Crippen LogP contribution in [0.15, 0.2) is 58.2 Å². The number of fused-ring (bicyclic) bond motifs is 1. The van der Waals surface area contributed by atoms with E-state index in [0.29, 0.717) is 16.5 Å². The highest BCUT2D eigenvalue weighted by Gasteiger charge is 2.22. The first-order valence-electron chi connectivity index (χ1n) is 9.91. The molecular weight excluding hydrogens is 400 g/mol. The van der Waals surface area contributed by atoms with Gasteiger partial charge in [0.2, 0.25) is 0 Å². The number of aromatic nitrogens is 1. The summed E-state index contributed by atoms with van der Waals surface area (Å²) in [6.45, 7) is 7.50. The molecule has 0 saturated carbocycles. The minimum atomic E-state index is -0.510. The van der Waals surface area contributed by atoms with Gasteiger partial charge < -0.3 is 14.1 Å². The van der Waals surface area contributed by atoms with Crippen LogP contribution in [-0.2, 0) is 15.3 Å². The average molecular weight is 427 g/mol. The molecule has 0 aliphatic carbocycles. The zero-order valence-electron chi connectivity index (χ0n) is 17.6. The Morgan fingerprint density at radius 2 is 1.70 bits per heavy atom. The van der Waals surface area contributed by atoms with E-state index in [-0.39, 0.29) is 24.6 Å². The van der Waals surface area contributed by atoms with Gasteiger partial charge in [-0.05, 0) is 51.5 Å². The van der Waals surface area contributed by atoms with Gasteiger partial charge in [0.15, 0.2) is 12.2 Å². The number of hydrogen-bond acceptors (Lipinski definition) is 6. The van der Waals surface area contributed by atoms with Crippen LogP contribution in [0.4, 0.5) is 0 Å². The number of carbonyl (C=O) groups is 2. The van der Waals surface area contributed by atoms with Crippen molar-refractivity contribution in [2.45, 2.75) is 50.8 Å². The van der Waals surface area contributed by atoms with E-state index in [1.54, 1.807) is 17.0 Å². The van der Waals surface area contributed by atoms with Crippen molar-refractivity contribution < 1.29 is 18.7 Å². The van der Waals surface area contributed by atoms with Gasteiger partial charge in [0.05, 0.1) is 5.56 Å². The van der Waals surface area contributed by atoms with Crippen LogP contribution in [0.3, 0.4) is 0 Å². The second-order valence-corrected chi connectivity index (χ2v) is 8.38. The molecule has 7 heteroatoms. The summed E-state index contributed by atoms with van der Waals surface area (Å²) in [6, 6.07) is 14.9. The number of para-hydroxylation sites is 2. The van der Waals surface area contributed by atoms with E-state index in [0.717, 1.165) is 16.7 Å². The molecule has 1 heterocycles. The molecule has 0 atom stereocenters. The number of ether oxygens (including phenoxy) is 1. The fourth-order valence-corrected chi connectivity index (χ4v) is 4.19. The lowest BCUT2D eigenvalue weighted by Gasteiger charge is -2.30. The summed E-state index contributed by atoms with van der Waals surface area (Å²) < 4.78 is 11.1. The summed E-state index contributed by atoms with van der Waals surface area (Å²) in [4.78, 5) is 31.3. The van der Waals surface area contributed by atoms with Gasteiger partial charge >= 0.3 is 5.97 Å². The molecule has 3 aromatic rings. The van der Waals surface area contributed by atoms with Crippen molar-refractivity contribution in [3.8, 4) is 0 Å².